The molecule has 15 heavy (non-hydrogen) atoms. The number of thioether (sulfide) groups is 1. The lowest BCUT2D eigenvalue weighted by Crippen LogP contribution is -1.95. The summed E-state index contributed by atoms with van der Waals surface area (Å²) in [6.07, 6.45) is 7.45. The van der Waals surface area contributed by atoms with Crippen LogP contribution in [0.4, 0.5) is 0 Å². The second-order valence-electron chi connectivity index (χ2n) is 3.22. The van der Waals surface area contributed by atoms with Crippen molar-refractivity contribution >= 4 is 11.8 Å². The van der Waals surface area contributed by atoms with Crippen molar-refractivity contribution in [1.82, 2.24) is 9.55 Å². The summed E-state index contributed by atoms with van der Waals surface area (Å²) in [6.45, 7) is 0. The number of phenolic OH excluding ortho intramolecular Hbond substituents is 1. The molecule has 0 aliphatic carbocycles. The van der Waals surface area contributed by atoms with E-state index in [1.54, 1.807) is 36.4 Å². The monoisotopic (exact) mass is 220 g/mol. The molecule has 0 aliphatic heterocycles. The molecule has 2 aromatic rings. The molecule has 0 unspecified atom stereocenters. The van der Waals surface area contributed by atoms with Crippen molar-refractivity contribution in [1.29, 1.82) is 0 Å². The van der Waals surface area contributed by atoms with Gasteiger partial charge in [-0.05, 0) is 30.0 Å². The Morgan fingerprint density at radius 2 is 2.33 bits per heavy atom. The van der Waals surface area contributed by atoms with Gasteiger partial charge in [-0.3, -0.25) is 0 Å². The second kappa shape index (κ2) is 4.40. The van der Waals surface area contributed by atoms with E-state index in [9.17, 15) is 5.11 Å². The summed E-state index contributed by atoms with van der Waals surface area (Å²) >= 11 is 1.73. The van der Waals surface area contributed by atoms with Crippen molar-refractivity contribution < 1.29 is 5.11 Å². The predicted molar refractivity (Wildman–Crippen MR) is 62.4 cm³/mol. The Kier molecular flexibility index (Phi) is 2.97. The Bertz CT molecular complexity index is 440. The number of benzene rings is 1. The fraction of sp³-hybridized carbons (Fsp3) is 0.182. The summed E-state index contributed by atoms with van der Waals surface area (Å²) in [5, 5.41) is 9.43. The number of hydrogen-bond acceptors (Lipinski definition) is 3. The van der Waals surface area contributed by atoms with Crippen LogP contribution in [-0.2, 0) is 5.75 Å². The van der Waals surface area contributed by atoms with Gasteiger partial charge in [0.2, 0.25) is 0 Å². The van der Waals surface area contributed by atoms with Crippen molar-refractivity contribution in [3.63, 3.8) is 0 Å². The molecular formula is C11H12N2OS. The maximum atomic E-state index is 9.43. The predicted octanol–water partition coefficient (Wildman–Crippen LogP) is 2.44. The van der Waals surface area contributed by atoms with E-state index < -0.39 is 0 Å². The van der Waals surface area contributed by atoms with Crippen LogP contribution in [0, 0.1) is 0 Å². The second-order valence-corrected chi connectivity index (χ2v) is 4.08. The Morgan fingerprint density at radius 3 is 3.00 bits per heavy atom. The Morgan fingerprint density at radius 1 is 1.47 bits per heavy atom. The van der Waals surface area contributed by atoms with E-state index in [0.717, 1.165) is 17.0 Å². The minimum Gasteiger partial charge on any atom is -0.508 e. The Hall–Kier alpha value is -1.42. The molecule has 3 nitrogen and oxygen atoms in total. The van der Waals surface area contributed by atoms with E-state index in [4.69, 9.17) is 0 Å². The molecule has 1 aromatic heterocycles. The standard InChI is InChI=1S/C11H12N2OS/c1-15-7-9-6-10(14)2-3-11(9)13-5-4-12-8-13/h2-6,8,14H,7H2,1H3. The van der Waals surface area contributed by atoms with Crippen LogP contribution in [0.3, 0.4) is 0 Å². The van der Waals surface area contributed by atoms with Gasteiger partial charge >= 0.3 is 0 Å². The Balaban J connectivity index is 2.46. The van der Waals surface area contributed by atoms with E-state index in [1.807, 2.05) is 23.1 Å². The van der Waals surface area contributed by atoms with Crippen LogP contribution >= 0.6 is 11.8 Å². The maximum absolute atomic E-state index is 9.43. The first-order chi connectivity index (χ1) is 7.31. The lowest BCUT2D eigenvalue weighted by atomic mass is 10.2. The molecule has 1 N–H and O–H groups in total. The Labute approximate surface area is 92.8 Å². The summed E-state index contributed by atoms with van der Waals surface area (Å²) in [5.74, 6) is 1.19. The third-order valence-electron chi connectivity index (χ3n) is 2.15. The molecule has 1 aromatic carbocycles. The average molecular weight is 220 g/mol. The van der Waals surface area contributed by atoms with Gasteiger partial charge in [-0.15, -0.1) is 0 Å². The lowest BCUT2D eigenvalue weighted by Gasteiger charge is -2.09. The number of imidazole rings is 1. The van der Waals surface area contributed by atoms with Crippen LogP contribution in [-0.4, -0.2) is 20.9 Å². The van der Waals surface area contributed by atoms with Gasteiger partial charge in [0, 0.05) is 18.1 Å². The average Bonchev–Trinajstić information content (AvgIpc) is 2.71. The van der Waals surface area contributed by atoms with Crippen LogP contribution in [0.25, 0.3) is 5.69 Å². The zero-order valence-corrected chi connectivity index (χ0v) is 9.24. The van der Waals surface area contributed by atoms with Gasteiger partial charge in [-0.1, -0.05) is 0 Å². The summed E-state index contributed by atoms with van der Waals surface area (Å²) in [7, 11) is 0. The van der Waals surface area contributed by atoms with E-state index in [2.05, 4.69) is 4.98 Å². The van der Waals surface area contributed by atoms with E-state index in [-0.39, 0.29) is 0 Å². The molecule has 78 valence electrons. The number of aromatic hydroxyl groups is 1. The van der Waals surface area contributed by atoms with Gasteiger partial charge < -0.3 is 9.67 Å². The van der Waals surface area contributed by atoms with E-state index >= 15 is 0 Å². The first-order valence-corrected chi connectivity index (χ1v) is 6.00. The van der Waals surface area contributed by atoms with Gasteiger partial charge in [-0.25, -0.2) is 4.98 Å². The zero-order chi connectivity index (χ0) is 10.7. The van der Waals surface area contributed by atoms with E-state index in [0.29, 0.717) is 5.75 Å². The van der Waals surface area contributed by atoms with Crippen LogP contribution < -0.4 is 0 Å². The van der Waals surface area contributed by atoms with Gasteiger partial charge in [0.1, 0.15) is 5.75 Å². The van der Waals surface area contributed by atoms with Crippen molar-refractivity contribution in [2.45, 2.75) is 5.75 Å². The van der Waals surface area contributed by atoms with Gasteiger partial charge in [0.15, 0.2) is 0 Å². The molecule has 0 atom stereocenters. The highest BCUT2D eigenvalue weighted by molar-refractivity contribution is 7.97. The normalized spacial score (nSPS) is 10.5. The number of aromatic nitrogens is 2. The molecule has 0 bridgehead atoms. The SMILES string of the molecule is CSCc1cc(O)ccc1-n1ccnc1. The van der Waals surface area contributed by atoms with Crippen molar-refractivity contribution in [3.8, 4) is 11.4 Å². The van der Waals surface area contributed by atoms with Crippen LogP contribution in [0.2, 0.25) is 0 Å². The third-order valence-corrected chi connectivity index (χ3v) is 2.75. The molecule has 2 rings (SSSR count). The number of nitrogens with zero attached hydrogens (tertiary/aromatic N) is 2. The number of rotatable bonds is 3. The summed E-state index contributed by atoms with van der Waals surface area (Å²) in [6, 6.07) is 5.40. The molecule has 0 radical (unpaired) electrons. The fourth-order valence-corrected chi connectivity index (χ4v) is 2.04. The molecule has 4 heteroatoms. The highest BCUT2D eigenvalue weighted by atomic mass is 32.2. The molecule has 0 saturated heterocycles. The van der Waals surface area contributed by atoms with E-state index in [1.165, 1.54) is 0 Å². The third kappa shape index (κ3) is 2.15. The minimum atomic E-state index is 0.308. The molecule has 0 amide bonds. The highest BCUT2D eigenvalue weighted by Gasteiger charge is 2.04. The quantitative estimate of drug-likeness (QED) is 0.863. The van der Waals surface area contributed by atoms with Crippen LogP contribution in [0.5, 0.6) is 5.75 Å². The molecule has 0 spiro atoms. The molecule has 1 heterocycles. The zero-order valence-electron chi connectivity index (χ0n) is 8.42. The smallest absolute Gasteiger partial charge is 0.116 e. The van der Waals surface area contributed by atoms with Gasteiger partial charge in [-0.2, -0.15) is 11.8 Å². The summed E-state index contributed by atoms with van der Waals surface area (Å²) in [4.78, 5) is 4.02. The highest BCUT2D eigenvalue weighted by Crippen LogP contribution is 2.23. The topological polar surface area (TPSA) is 38.0 Å². The first kappa shape index (κ1) is 10.1. The molecule has 0 saturated carbocycles. The molecular weight excluding hydrogens is 208 g/mol. The van der Waals surface area contributed by atoms with Crippen LogP contribution in [0.1, 0.15) is 5.56 Å². The fourth-order valence-electron chi connectivity index (χ4n) is 1.50. The summed E-state index contributed by atoms with van der Waals surface area (Å²) in [5.41, 5.74) is 2.18. The minimum absolute atomic E-state index is 0.308. The van der Waals surface area contributed by atoms with Gasteiger partial charge in [0.05, 0.1) is 12.0 Å². The largest absolute Gasteiger partial charge is 0.508 e. The molecule has 0 aliphatic rings. The van der Waals surface area contributed by atoms with Crippen molar-refractivity contribution in [2.24, 2.45) is 0 Å². The van der Waals surface area contributed by atoms with Crippen LogP contribution in [0.15, 0.2) is 36.9 Å². The van der Waals surface area contributed by atoms with Crippen molar-refractivity contribution in [2.75, 3.05) is 6.26 Å². The number of hydrogen-bond donors (Lipinski definition) is 1. The lowest BCUT2D eigenvalue weighted by molar-refractivity contribution is 0.474. The summed E-state index contributed by atoms with van der Waals surface area (Å²) < 4.78 is 1.95. The van der Waals surface area contributed by atoms with Gasteiger partial charge in [0.25, 0.3) is 0 Å². The molecule has 0 fully saturated rings. The van der Waals surface area contributed by atoms with Crippen molar-refractivity contribution in [3.05, 3.63) is 42.5 Å². The first-order valence-electron chi connectivity index (χ1n) is 4.60. The maximum Gasteiger partial charge on any atom is 0.116 e. The number of phenols is 1.